The van der Waals surface area contributed by atoms with Crippen LogP contribution >= 0.6 is 0 Å². The molecule has 3 aromatic rings. The van der Waals surface area contributed by atoms with Crippen molar-refractivity contribution in [2.75, 3.05) is 13.7 Å². The number of likely N-dealkylation sites (tertiary alicyclic amines) is 1. The van der Waals surface area contributed by atoms with Gasteiger partial charge in [0, 0.05) is 12.1 Å². The molecule has 0 N–H and O–H groups in total. The Morgan fingerprint density at radius 3 is 2.35 bits per heavy atom. The Hall–Kier alpha value is -3.74. The highest BCUT2D eigenvalue weighted by molar-refractivity contribution is 5.96. The van der Waals surface area contributed by atoms with Crippen LogP contribution in [0.4, 0.5) is 4.39 Å². The highest BCUT2D eigenvalue weighted by Gasteiger charge is 2.35. The number of pyridine rings is 1. The van der Waals surface area contributed by atoms with E-state index in [-0.39, 0.29) is 17.4 Å². The third-order valence-electron chi connectivity index (χ3n) is 5.15. The smallest absolute Gasteiger partial charge is 0.328 e. The fourth-order valence-corrected chi connectivity index (χ4v) is 3.59. The molecular weight excluding hydrogens is 399 g/mol. The maximum atomic E-state index is 13.0. The Balaban J connectivity index is 1.50. The SMILES string of the molecule is COC(=O)C1CCCN1C(=O)c1cccc(-c2ccc(Oc3ccc(F)cc3)cc2)n1. The minimum atomic E-state index is -0.564. The van der Waals surface area contributed by atoms with Crippen LogP contribution in [0.15, 0.2) is 66.7 Å². The predicted molar refractivity (Wildman–Crippen MR) is 112 cm³/mol. The normalized spacial score (nSPS) is 15.5. The minimum Gasteiger partial charge on any atom is -0.467 e. The van der Waals surface area contributed by atoms with Crippen LogP contribution in [0.1, 0.15) is 23.3 Å². The first-order valence-electron chi connectivity index (χ1n) is 9.95. The number of carbonyl (C=O) groups excluding carboxylic acids is 2. The van der Waals surface area contributed by atoms with Crippen molar-refractivity contribution in [1.82, 2.24) is 9.88 Å². The first-order chi connectivity index (χ1) is 15.0. The van der Waals surface area contributed by atoms with Crippen LogP contribution in [0.25, 0.3) is 11.3 Å². The van der Waals surface area contributed by atoms with Crippen molar-refractivity contribution in [2.45, 2.75) is 18.9 Å². The number of ether oxygens (including phenoxy) is 2. The van der Waals surface area contributed by atoms with E-state index in [9.17, 15) is 14.0 Å². The van der Waals surface area contributed by atoms with Gasteiger partial charge in [-0.3, -0.25) is 4.79 Å². The lowest BCUT2D eigenvalue weighted by molar-refractivity contribution is -0.145. The Morgan fingerprint density at radius 2 is 1.68 bits per heavy atom. The number of methoxy groups -OCH3 is 1. The van der Waals surface area contributed by atoms with E-state index in [0.29, 0.717) is 30.2 Å². The monoisotopic (exact) mass is 420 g/mol. The molecule has 158 valence electrons. The highest BCUT2D eigenvalue weighted by atomic mass is 19.1. The van der Waals surface area contributed by atoms with E-state index in [1.807, 2.05) is 18.2 Å². The molecule has 1 aliphatic rings. The Labute approximate surface area is 179 Å². The van der Waals surface area contributed by atoms with Crippen LogP contribution in [0.2, 0.25) is 0 Å². The molecule has 31 heavy (non-hydrogen) atoms. The van der Waals surface area contributed by atoms with Gasteiger partial charge in [-0.1, -0.05) is 6.07 Å². The van der Waals surface area contributed by atoms with Crippen LogP contribution in [0.3, 0.4) is 0 Å². The average molecular weight is 420 g/mol. The number of nitrogens with zero attached hydrogens (tertiary/aromatic N) is 2. The molecular formula is C24H21FN2O4. The lowest BCUT2D eigenvalue weighted by Gasteiger charge is -2.22. The van der Waals surface area contributed by atoms with Crippen LogP contribution in [-0.2, 0) is 9.53 Å². The first kappa shape index (κ1) is 20.5. The maximum absolute atomic E-state index is 13.0. The standard InChI is InChI=1S/C24H21FN2O4/c1-30-24(29)22-6-3-15-27(22)23(28)21-5-2-4-20(26-21)16-7-11-18(12-8-16)31-19-13-9-17(25)10-14-19/h2,4-5,7-14,22H,3,6,15H2,1H3. The van der Waals surface area contributed by atoms with Crippen LogP contribution in [0.5, 0.6) is 11.5 Å². The lowest BCUT2D eigenvalue weighted by Crippen LogP contribution is -2.41. The zero-order chi connectivity index (χ0) is 21.8. The second-order valence-electron chi connectivity index (χ2n) is 7.17. The molecule has 2 heterocycles. The summed E-state index contributed by atoms with van der Waals surface area (Å²) in [6.45, 7) is 0.500. The van der Waals surface area contributed by atoms with E-state index in [1.165, 1.54) is 24.1 Å². The molecule has 2 aromatic carbocycles. The van der Waals surface area contributed by atoms with Gasteiger partial charge in [0.2, 0.25) is 0 Å². The number of aromatic nitrogens is 1. The number of rotatable bonds is 5. The quantitative estimate of drug-likeness (QED) is 0.570. The van der Waals surface area contributed by atoms with Crippen molar-refractivity contribution in [3.63, 3.8) is 0 Å². The molecule has 0 spiro atoms. The number of hydrogen-bond donors (Lipinski definition) is 0. The van der Waals surface area contributed by atoms with Gasteiger partial charge in [0.15, 0.2) is 0 Å². The molecule has 7 heteroatoms. The average Bonchev–Trinajstić information content (AvgIpc) is 3.30. The third kappa shape index (κ3) is 4.55. The number of benzene rings is 2. The largest absolute Gasteiger partial charge is 0.467 e. The maximum Gasteiger partial charge on any atom is 0.328 e. The zero-order valence-corrected chi connectivity index (χ0v) is 17.0. The molecule has 1 atom stereocenters. The van der Waals surface area contributed by atoms with Gasteiger partial charge < -0.3 is 14.4 Å². The third-order valence-corrected chi connectivity index (χ3v) is 5.15. The molecule has 1 aliphatic heterocycles. The van der Waals surface area contributed by atoms with E-state index >= 15 is 0 Å². The number of hydrogen-bond acceptors (Lipinski definition) is 5. The van der Waals surface area contributed by atoms with Crippen molar-refractivity contribution in [1.29, 1.82) is 0 Å². The van der Waals surface area contributed by atoms with Crippen molar-refractivity contribution < 1.29 is 23.5 Å². The van der Waals surface area contributed by atoms with Gasteiger partial charge in [-0.05, 0) is 73.5 Å². The number of halogens is 1. The molecule has 4 rings (SSSR count). The van der Waals surface area contributed by atoms with Gasteiger partial charge >= 0.3 is 5.97 Å². The summed E-state index contributed by atoms with van der Waals surface area (Å²) < 4.78 is 23.5. The second kappa shape index (κ2) is 8.95. The van der Waals surface area contributed by atoms with Crippen molar-refractivity contribution in [2.24, 2.45) is 0 Å². The Morgan fingerprint density at radius 1 is 1.00 bits per heavy atom. The van der Waals surface area contributed by atoms with Crippen molar-refractivity contribution >= 4 is 11.9 Å². The zero-order valence-electron chi connectivity index (χ0n) is 17.0. The lowest BCUT2D eigenvalue weighted by atomic mass is 10.1. The van der Waals surface area contributed by atoms with Crippen molar-refractivity contribution in [3.05, 3.63) is 78.2 Å². The van der Waals surface area contributed by atoms with E-state index in [0.717, 1.165) is 12.0 Å². The van der Waals surface area contributed by atoms with Crippen LogP contribution in [0, 0.1) is 5.82 Å². The summed E-state index contributed by atoms with van der Waals surface area (Å²) in [6, 6.07) is 17.7. The summed E-state index contributed by atoms with van der Waals surface area (Å²) in [5, 5.41) is 0. The summed E-state index contributed by atoms with van der Waals surface area (Å²) in [7, 11) is 1.33. The molecule has 0 aliphatic carbocycles. The Kier molecular flexibility index (Phi) is 5.93. The van der Waals surface area contributed by atoms with Crippen LogP contribution < -0.4 is 4.74 Å². The summed E-state index contributed by atoms with van der Waals surface area (Å²) in [6.07, 6.45) is 1.34. The van der Waals surface area contributed by atoms with Gasteiger partial charge in [0.05, 0.1) is 12.8 Å². The molecule has 0 bridgehead atoms. The predicted octanol–water partition coefficient (Wildman–Crippen LogP) is 4.46. The van der Waals surface area contributed by atoms with Gasteiger partial charge in [0.1, 0.15) is 29.1 Å². The molecule has 1 aromatic heterocycles. The Bertz CT molecular complexity index is 1080. The molecule has 1 fully saturated rings. The second-order valence-corrected chi connectivity index (χ2v) is 7.17. The minimum absolute atomic E-state index is 0.278. The number of carbonyl (C=O) groups is 2. The van der Waals surface area contributed by atoms with Crippen molar-refractivity contribution in [3.8, 4) is 22.8 Å². The van der Waals surface area contributed by atoms with E-state index in [2.05, 4.69) is 4.98 Å². The molecule has 0 saturated carbocycles. The number of esters is 1. The topological polar surface area (TPSA) is 68.7 Å². The van der Waals surface area contributed by atoms with Gasteiger partial charge in [-0.15, -0.1) is 0 Å². The molecule has 1 saturated heterocycles. The molecule has 0 radical (unpaired) electrons. The van der Waals surface area contributed by atoms with E-state index in [1.54, 1.807) is 36.4 Å². The fourth-order valence-electron chi connectivity index (χ4n) is 3.59. The van der Waals surface area contributed by atoms with E-state index in [4.69, 9.17) is 9.47 Å². The number of amides is 1. The van der Waals surface area contributed by atoms with E-state index < -0.39 is 12.0 Å². The molecule has 1 unspecified atom stereocenters. The summed E-state index contributed by atoms with van der Waals surface area (Å²) >= 11 is 0. The molecule has 6 nitrogen and oxygen atoms in total. The molecule has 1 amide bonds. The summed E-state index contributed by atoms with van der Waals surface area (Å²) in [5.74, 6) is 0.117. The van der Waals surface area contributed by atoms with Gasteiger partial charge in [-0.25, -0.2) is 14.2 Å². The van der Waals surface area contributed by atoms with Crippen LogP contribution in [-0.4, -0.2) is 41.5 Å². The van der Waals surface area contributed by atoms with Gasteiger partial charge in [0.25, 0.3) is 5.91 Å². The fraction of sp³-hybridized carbons (Fsp3) is 0.208. The first-order valence-corrected chi connectivity index (χ1v) is 9.95. The summed E-state index contributed by atoms with van der Waals surface area (Å²) in [5.41, 5.74) is 1.72. The highest BCUT2D eigenvalue weighted by Crippen LogP contribution is 2.26. The summed E-state index contributed by atoms with van der Waals surface area (Å²) in [4.78, 5) is 30.9. The van der Waals surface area contributed by atoms with Gasteiger partial charge in [-0.2, -0.15) is 0 Å².